The summed E-state index contributed by atoms with van der Waals surface area (Å²) in [5, 5.41) is 11.9. The van der Waals surface area contributed by atoms with Gasteiger partial charge in [0.2, 0.25) is 0 Å². The number of fused-ring (bicyclic) bond motifs is 1. The molecule has 1 amide bonds. The molecule has 0 saturated carbocycles. The highest BCUT2D eigenvalue weighted by atomic mass is 16.3. The zero-order valence-corrected chi connectivity index (χ0v) is 11.2. The van der Waals surface area contributed by atoms with Crippen molar-refractivity contribution in [1.29, 1.82) is 0 Å². The molecule has 0 saturated heterocycles. The number of benzene rings is 2. The van der Waals surface area contributed by atoms with E-state index in [0.717, 1.165) is 24.1 Å². The first-order valence-corrected chi connectivity index (χ1v) is 6.89. The summed E-state index contributed by atoms with van der Waals surface area (Å²) >= 11 is 0. The van der Waals surface area contributed by atoms with Crippen molar-refractivity contribution in [1.82, 2.24) is 0 Å². The first kappa shape index (κ1) is 12.9. The van der Waals surface area contributed by atoms with Gasteiger partial charge in [-0.25, -0.2) is 0 Å². The average molecular weight is 267 g/mol. The summed E-state index contributed by atoms with van der Waals surface area (Å²) in [7, 11) is 0. The van der Waals surface area contributed by atoms with Gasteiger partial charge in [-0.2, -0.15) is 0 Å². The fraction of sp³-hybridized carbons (Fsp3) is 0.235. The molecule has 1 aliphatic carbocycles. The second-order valence-corrected chi connectivity index (χ2v) is 5.15. The second-order valence-electron chi connectivity index (χ2n) is 5.15. The number of aliphatic hydroxyl groups is 1. The summed E-state index contributed by atoms with van der Waals surface area (Å²) in [5.74, 6) is -0.118. The molecule has 3 rings (SSSR count). The fourth-order valence-corrected chi connectivity index (χ4v) is 2.61. The Morgan fingerprint density at radius 1 is 1.05 bits per heavy atom. The van der Waals surface area contributed by atoms with E-state index in [1.807, 2.05) is 6.07 Å². The molecule has 20 heavy (non-hydrogen) atoms. The number of amides is 1. The van der Waals surface area contributed by atoms with E-state index in [2.05, 4.69) is 17.4 Å². The lowest BCUT2D eigenvalue weighted by atomic mass is 10.1. The normalized spacial score (nSPS) is 13.1. The predicted molar refractivity (Wildman–Crippen MR) is 78.8 cm³/mol. The summed E-state index contributed by atoms with van der Waals surface area (Å²) in [4.78, 5) is 12.1. The number of anilines is 1. The Bertz CT molecular complexity index is 632. The van der Waals surface area contributed by atoms with Crippen LogP contribution in [-0.4, -0.2) is 11.0 Å². The third-order valence-electron chi connectivity index (χ3n) is 3.76. The molecule has 0 unspecified atom stereocenters. The minimum Gasteiger partial charge on any atom is -0.392 e. The summed E-state index contributed by atoms with van der Waals surface area (Å²) in [6, 6.07) is 13.1. The van der Waals surface area contributed by atoms with Crippen LogP contribution in [0.1, 0.15) is 33.5 Å². The Labute approximate surface area is 118 Å². The van der Waals surface area contributed by atoms with Crippen LogP contribution in [0, 0.1) is 0 Å². The van der Waals surface area contributed by atoms with E-state index in [-0.39, 0.29) is 12.5 Å². The molecular weight excluding hydrogens is 250 g/mol. The maximum absolute atomic E-state index is 12.1. The van der Waals surface area contributed by atoms with Gasteiger partial charge in [-0.3, -0.25) is 4.79 Å². The first-order valence-electron chi connectivity index (χ1n) is 6.89. The van der Waals surface area contributed by atoms with Gasteiger partial charge in [0.15, 0.2) is 0 Å². The number of carbonyl (C=O) groups is 1. The van der Waals surface area contributed by atoms with Crippen molar-refractivity contribution in [2.45, 2.75) is 25.9 Å². The quantitative estimate of drug-likeness (QED) is 0.898. The molecule has 0 radical (unpaired) electrons. The van der Waals surface area contributed by atoms with E-state index < -0.39 is 0 Å². The third-order valence-corrected chi connectivity index (χ3v) is 3.76. The van der Waals surface area contributed by atoms with E-state index >= 15 is 0 Å². The van der Waals surface area contributed by atoms with Crippen LogP contribution >= 0.6 is 0 Å². The largest absolute Gasteiger partial charge is 0.392 e. The fourth-order valence-electron chi connectivity index (χ4n) is 2.61. The molecule has 0 spiro atoms. The van der Waals surface area contributed by atoms with Gasteiger partial charge in [0.1, 0.15) is 0 Å². The van der Waals surface area contributed by atoms with Crippen molar-refractivity contribution in [2.24, 2.45) is 0 Å². The van der Waals surface area contributed by atoms with E-state index in [1.54, 1.807) is 24.3 Å². The topological polar surface area (TPSA) is 49.3 Å². The Morgan fingerprint density at radius 3 is 2.55 bits per heavy atom. The van der Waals surface area contributed by atoms with Crippen LogP contribution in [0.2, 0.25) is 0 Å². The number of aryl methyl sites for hydroxylation is 2. The van der Waals surface area contributed by atoms with Crippen LogP contribution in [0.5, 0.6) is 0 Å². The van der Waals surface area contributed by atoms with E-state index in [0.29, 0.717) is 5.56 Å². The van der Waals surface area contributed by atoms with Crippen LogP contribution < -0.4 is 5.32 Å². The molecule has 0 atom stereocenters. The zero-order chi connectivity index (χ0) is 13.9. The lowest BCUT2D eigenvalue weighted by molar-refractivity contribution is 0.102. The van der Waals surface area contributed by atoms with Crippen molar-refractivity contribution in [3.63, 3.8) is 0 Å². The van der Waals surface area contributed by atoms with E-state index in [9.17, 15) is 4.79 Å². The van der Waals surface area contributed by atoms with Gasteiger partial charge in [-0.05, 0) is 60.2 Å². The van der Waals surface area contributed by atoms with Gasteiger partial charge in [0.25, 0.3) is 5.91 Å². The number of rotatable bonds is 3. The van der Waals surface area contributed by atoms with Crippen molar-refractivity contribution in [3.8, 4) is 0 Å². The molecular formula is C17H17NO2. The maximum atomic E-state index is 12.1. The highest BCUT2D eigenvalue weighted by Gasteiger charge is 2.12. The molecule has 2 aromatic carbocycles. The molecule has 0 aliphatic heterocycles. The summed E-state index contributed by atoms with van der Waals surface area (Å²) in [6.45, 7) is -0.00722. The third kappa shape index (κ3) is 2.58. The molecule has 0 fully saturated rings. The van der Waals surface area contributed by atoms with Crippen LogP contribution in [-0.2, 0) is 19.4 Å². The molecule has 0 aromatic heterocycles. The van der Waals surface area contributed by atoms with Gasteiger partial charge in [-0.15, -0.1) is 0 Å². The predicted octanol–water partition coefficient (Wildman–Crippen LogP) is 2.92. The molecule has 0 bridgehead atoms. The number of nitrogens with one attached hydrogen (secondary N) is 1. The molecule has 0 heterocycles. The lowest BCUT2D eigenvalue weighted by Crippen LogP contribution is -2.12. The van der Waals surface area contributed by atoms with Gasteiger partial charge in [-0.1, -0.05) is 18.2 Å². The van der Waals surface area contributed by atoms with Gasteiger partial charge in [0.05, 0.1) is 6.61 Å². The molecule has 1 aliphatic rings. The number of hydrogen-bond acceptors (Lipinski definition) is 2. The first-order chi connectivity index (χ1) is 9.76. The van der Waals surface area contributed by atoms with Crippen molar-refractivity contribution in [2.75, 3.05) is 5.32 Å². The second kappa shape index (κ2) is 5.47. The number of carbonyl (C=O) groups excluding carboxylic acids is 1. The smallest absolute Gasteiger partial charge is 0.255 e. The van der Waals surface area contributed by atoms with Crippen LogP contribution in [0.15, 0.2) is 42.5 Å². The van der Waals surface area contributed by atoms with Crippen LogP contribution in [0.25, 0.3) is 0 Å². The Morgan fingerprint density at radius 2 is 1.80 bits per heavy atom. The van der Waals surface area contributed by atoms with Crippen molar-refractivity contribution in [3.05, 3.63) is 64.7 Å². The highest BCUT2D eigenvalue weighted by molar-refractivity contribution is 6.04. The van der Waals surface area contributed by atoms with Crippen LogP contribution in [0.4, 0.5) is 5.69 Å². The Kier molecular flexibility index (Phi) is 3.52. The lowest BCUT2D eigenvalue weighted by Gasteiger charge is -2.08. The van der Waals surface area contributed by atoms with Gasteiger partial charge < -0.3 is 10.4 Å². The van der Waals surface area contributed by atoms with Gasteiger partial charge >= 0.3 is 0 Å². The Balaban J connectivity index is 1.75. The maximum Gasteiger partial charge on any atom is 0.255 e. The highest BCUT2D eigenvalue weighted by Crippen LogP contribution is 2.25. The van der Waals surface area contributed by atoms with E-state index in [1.165, 1.54) is 17.5 Å². The summed E-state index contributed by atoms with van der Waals surface area (Å²) in [5.41, 5.74) is 5.00. The standard InChI is InChI=1S/C17H17NO2/c19-11-12-4-6-14(7-5-12)17(20)18-16-9-8-13-2-1-3-15(13)10-16/h4-10,19H,1-3,11H2,(H,18,20). The van der Waals surface area contributed by atoms with E-state index in [4.69, 9.17) is 5.11 Å². The van der Waals surface area contributed by atoms with Crippen LogP contribution in [0.3, 0.4) is 0 Å². The summed E-state index contributed by atoms with van der Waals surface area (Å²) < 4.78 is 0. The monoisotopic (exact) mass is 267 g/mol. The van der Waals surface area contributed by atoms with Crippen molar-refractivity contribution >= 4 is 11.6 Å². The number of hydrogen-bond donors (Lipinski definition) is 2. The minimum absolute atomic E-state index is 0.00722. The molecule has 102 valence electrons. The Hall–Kier alpha value is -2.13. The minimum atomic E-state index is -0.118. The SMILES string of the molecule is O=C(Nc1ccc2c(c1)CCC2)c1ccc(CO)cc1. The molecule has 2 N–H and O–H groups in total. The number of aliphatic hydroxyl groups excluding tert-OH is 1. The molecule has 3 heteroatoms. The zero-order valence-electron chi connectivity index (χ0n) is 11.2. The molecule has 3 nitrogen and oxygen atoms in total. The van der Waals surface area contributed by atoms with Gasteiger partial charge in [0, 0.05) is 11.3 Å². The molecule has 2 aromatic rings. The van der Waals surface area contributed by atoms with Crippen molar-refractivity contribution < 1.29 is 9.90 Å². The average Bonchev–Trinajstić information content (AvgIpc) is 2.95. The summed E-state index contributed by atoms with van der Waals surface area (Å²) in [6.07, 6.45) is 3.45.